The van der Waals surface area contributed by atoms with Gasteiger partial charge in [0.2, 0.25) is 0 Å². The van der Waals surface area contributed by atoms with Crippen LogP contribution in [0.15, 0.2) is 55.0 Å². The monoisotopic (exact) mass is 379 g/mol. The van der Waals surface area contributed by atoms with Gasteiger partial charge in [-0.3, -0.25) is 9.48 Å². The molecule has 0 atom stereocenters. The van der Waals surface area contributed by atoms with Crippen molar-refractivity contribution >= 4 is 17.4 Å². The van der Waals surface area contributed by atoms with Gasteiger partial charge in [0.1, 0.15) is 11.6 Å². The van der Waals surface area contributed by atoms with E-state index in [-0.39, 0.29) is 5.91 Å². The molecule has 1 aromatic carbocycles. The van der Waals surface area contributed by atoms with Gasteiger partial charge in [0, 0.05) is 31.7 Å². The van der Waals surface area contributed by atoms with Crippen molar-refractivity contribution in [2.24, 2.45) is 7.05 Å². The predicted molar refractivity (Wildman–Crippen MR) is 109 cm³/mol. The average Bonchev–Trinajstić information content (AvgIpc) is 3.12. The summed E-state index contributed by atoms with van der Waals surface area (Å²) in [5.41, 5.74) is 2.52. The third-order valence-electron chi connectivity index (χ3n) is 4.17. The summed E-state index contributed by atoms with van der Waals surface area (Å²) < 4.78 is 7.23. The third-order valence-corrected chi connectivity index (χ3v) is 4.17. The highest BCUT2D eigenvalue weighted by Crippen LogP contribution is 2.21. The summed E-state index contributed by atoms with van der Waals surface area (Å²) >= 11 is 0. The summed E-state index contributed by atoms with van der Waals surface area (Å²) in [6.45, 7) is 3.16. The van der Waals surface area contributed by atoms with Crippen molar-refractivity contribution in [3.63, 3.8) is 0 Å². The maximum atomic E-state index is 12.6. The van der Waals surface area contributed by atoms with Crippen molar-refractivity contribution in [1.82, 2.24) is 20.1 Å². The number of nitrogens with zero attached hydrogens (tertiary/aromatic N) is 3. The molecule has 146 valence electrons. The second kappa shape index (κ2) is 9.55. The lowest BCUT2D eigenvalue weighted by atomic mass is 10.2. The molecule has 0 bridgehead atoms. The number of amides is 1. The van der Waals surface area contributed by atoms with Crippen LogP contribution in [0, 0.1) is 0 Å². The molecule has 0 aliphatic heterocycles. The summed E-state index contributed by atoms with van der Waals surface area (Å²) in [5.74, 6) is 1.18. The number of aryl methyl sites for hydroxylation is 2. The van der Waals surface area contributed by atoms with E-state index in [0.717, 1.165) is 29.8 Å². The highest BCUT2D eigenvalue weighted by Gasteiger charge is 2.12. The molecule has 7 nitrogen and oxygen atoms in total. The van der Waals surface area contributed by atoms with Crippen molar-refractivity contribution in [3.05, 3.63) is 66.1 Å². The Kier molecular flexibility index (Phi) is 6.62. The lowest BCUT2D eigenvalue weighted by Crippen LogP contribution is -2.25. The number of nitrogens with one attached hydrogen (secondary N) is 2. The number of carbonyl (C=O) groups excluding carboxylic acids is 1. The van der Waals surface area contributed by atoms with Gasteiger partial charge in [-0.15, -0.1) is 0 Å². The summed E-state index contributed by atoms with van der Waals surface area (Å²) in [7, 11) is 1.90. The topological polar surface area (TPSA) is 81.1 Å². The summed E-state index contributed by atoms with van der Waals surface area (Å²) in [5, 5.41) is 10.3. The first-order chi connectivity index (χ1) is 13.7. The molecule has 1 amide bonds. The minimum atomic E-state index is -0.146. The molecule has 2 N–H and O–H groups in total. The van der Waals surface area contributed by atoms with E-state index < -0.39 is 0 Å². The number of pyridine rings is 1. The largest absolute Gasteiger partial charge is 0.494 e. The van der Waals surface area contributed by atoms with E-state index >= 15 is 0 Å². The Labute approximate surface area is 164 Å². The molecule has 3 rings (SSSR count). The number of ether oxygens (including phenoxy) is 1. The molecule has 0 spiro atoms. The van der Waals surface area contributed by atoms with Gasteiger partial charge >= 0.3 is 0 Å². The zero-order chi connectivity index (χ0) is 19.8. The fourth-order valence-corrected chi connectivity index (χ4v) is 2.82. The van der Waals surface area contributed by atoms with Crippen LogP contribution in [0.5, 0.6) is 5.75 Å². The molecule has 7 heteroatoms. The average molecular weight is 379 g/mol. The number of rotatable bonds is 9. The van der Waals surface area contributed by atoms with Crippen LogP contribution >= 0.6 is 0 Å². The number of hydrogen-bond donors (Lipinski definition) is 2. The lowest BCUT2D eigenvalue weighted by molar-refractivity contribution is 0.0954. The number of aromatic nitrogens is 3. The first-order valence-corrected chi connectivity index (χ1v) is 9.36. The van der Waals surface area contributed by atoms with E-state index in [2.05, 4.69) is 20.7 Å². The molecule has 2 heterocycles. The zero-order valence-corrected chi connectivity index (χ0v) is 16.2. The van der Waals surface area contributed by atoms with Gasteiger partial charge in [-0.05, 0) is 61.7 Å². The van der Waals surface area contributed by atoms with E-state index in [1.54, 1.807) is 23.0 Å². The Morgan fingerprint density at radius 3 is 2.75 bits per heavy atom. The fraction of sp³-hybridized carbons (Fsp3) is 0.286. The van der Waals surface area contributed by atoms with Crippen molar-refractivity contribution in [2.75, 3.05) is 18.5 Å². The Hall–Kier alpha value is -3.35. The molecule has 0 fully saturated rings. The molecule has 0 unspecified atom stereocenters. The first-order valence-electron chi connectivity index (χ1n) is 9.36. The molecular weight excluding hydrogens is 354 g/mol. The second-order valence-corrected chi connectivity index (χ2v) is 6.36. The van der Waals surface area contributed by atoms with Crippen molar-refractivity contribution < 1.29 is 9.53 Å². The Morgan fingerprint density at radius 2 is 2.04 bits per heavy atom. The van der Waals surface area contributed by atoms with Gasteiger partial charge in [-0.25, -0.2) is 4.98 Å². The van der Waals surface area contributed by atoms with Crippen LogP contribution in [0.2, 0.25) is 0 Å². The molecule has 2 aromatic heterocycles. The normalized spacial score (nSPS) is 10.5. The summed E-state index contributed by atoms with van der Waals surface area (Å²) in [6.07, 6.45) is 7.22. The standard InChI is InChI=1S/C21H25N5O2/c1-3-28-18-10-8-17(9-11-18)25-20-19(7-5-12-22-20)21(27)23-13-4-6-16-14-24-26(2)15-16/h5,7-12,14-15H,3-4,6,13H2,1-2H3,(H,22,25)(H,23,27). The molecule has 28 heavy (non-hydrogen) atoms. The summed E-state index contributed by atoms with van der Waals surface area (Å²) in [4.78, 5) is 16.9. The number of carbonyl (C=O) groups is 1. The van der Waals surface area contributed by atoms with Crippen LogP contribution in [0.3, 0.4) is 0 Å². The molecule has 3 aromatic rings. The van der Waals surface area contributed by atoms with Gasteiger partial charge < -0.3 is 15.4 Å². The summed E-state index contributed by atoms with van der Waals surface area (Å²) in [6, 6.07) is 11.1. The van der Waals surface area contributed by atoms with Crippen molar-refractivity contribution in [2.45, 2.75) is 19.8 Å². The van der Waals surface area contributed by atoms with E-state index in [4.69, 9.17) is 4.74 Å². The van der Waals surface area contributed by atoms with Crippen molar-refractivity contribution in [3.8, 4) is 5.75 Å². The zero-order valence-electron chi connectivity index (χ0n) is 16.2. The smallest absolute Gasteiger partial charge is 0.255 e. The molecule has 0 radical (unpaired) electrons. The van der Waals surface area contributed by atoms with E-state index in [9.17, 15) is 4.79 Å². The van der Waals surface area contributed by atoms with E-state index in [1.165, 1.54) is 0 Å². The van der Waals surface area contributed by atoms with Gasteiger partial charge in [-0.1, -0.05) is 0 Å². The van der Waals surface area contributed by atoms with Crippen LogP contribution in [0.1, 0.15) is 29.3 Å². The molecule has 0 saturated carbocycles. The molecule has 0 aliphatic rings. The predicted octanol–water partition coefficient (Wildman–Crippen LogP) is 3.32. The second-order valence-electron chi connectivity index (χ2n) is 6.36. The van der Waals surface area contributed by atoms with Crippen LogP contribution in [0.25, 0.3) is 0 Å². The molecule has 0 saturated heterocycles. The quantitative estimate of drug-likeness (QED) is 0.558. The van der Waals surface area contributed by atoms with Crippen LogP contribution in [-0.2, 0) is 13.5 Å². The maximum Gasteiger partial charge on any atom is 0.255 e. The molecular formula is C21H25N5O2. The highest BCUT2D eigenvalue weighted by atomic mass is 16.5. The number of benzene rings is 1. The minimum absolute atomic E-state index is 0.146. The SMILES string of the molecule is CCOc1ccc(Nc2ncccc2C(=O)NCCCc2cnn(C)c2)cc1. The van der Waals surface area contributed by atoms with Crippen LogP contribution in [-0.4, -0.2) is 33.8 Å². The number of hydrogen-bond acceptors (Lipinski definition) is 5. The van der Waals surface area contributed by atoms with Gasteiger partial charge in [0.15, 0.2) is 0 Å². The Balaban J connectivity index is 1.56. The lowest BCUT2D eigenvalue weighted by Gasteiger charge is -2.12. The van der Waals surface area contributed by atoms with Gasteiger partial charge in [-0.2, -0.15) is 5.10 Å². The Morgan fingerprint density at radius 1 is 1.21 bits per heavy atom. The van der Waals surface area contributed by atoms with Crippen LogP contribution < -0.4 is 15.4 Å². The first kappa shape index (κ1) is 19.4. The third kappa shape index (κ3) is 5.33. The number of anilines is 2. The van der Waals surface area contributed by atoms with Crippen molar-refractivity contribution in [1.29, 1.82) is 0 Å². The fourth-order valence-electron chi connectivity index (χ4n) is 2.82. The Bertz CT molecular complexity index is 905. The van der Waals surface area contributed by atoms with E-state index in [1.807, 2.05) is 50.6 Å². The van der Waals surface area contributed by atoms with Gasteiger partial charge in [0.05, 0.1) is 18.4 Å². The van der Waals surface area contributed by atoms with Crippen LogP contribution in [0.4, 0.5) is 11.5 Å². The molecule has 0 aliphatic carbocycles. The maximum absolute atomic E-state index is 12.6. The van der Waals surface area contributed by atoms with E-state index in [0.29, 0.717) is 24.5 Å². The highest BCUT2D eigenvalue weighted by molar-refractivity contribution is 5.99. The minimum Gasteiger partial charge on any atom is -0.494 e. The van der Waals surface area contributed by atoms with Gasteiger partial charge in [0.25, 0.3) is 5.91 Å².